The molecule has 12 heteroatoms. The Morgan fingerprint density at radius 1 is 1.15 bits per heavy atom. The summed E-state index contributed by atoms with van der Waals surface area (Å²) >= 11 is 0. The molecular weight excluding hydrogens is 374 g/mol. The molecule has 0 aliphatic heterocycles. The number of rotatable bonds is 6. The zero-order valence-corrected chi connectivity index (χ0v) is 12.9. The molecule has 0 aliphatic rings. The number of benzene rings is 1. The molecule has 0 radical (unpaired) electrons. The van der Waals surface area contributed by atoms with Crippen molar-refractivity contribution < 1.29 is 46.1 Å². The number of alkyl halides is 6. The van der Waals surface area contributed by atoms with Crippen LogP contribution in [-0.4, -0.2) is 28.8 Å². The van der Waals surface area contributed by atoms with E-state index in [4.69, 9.17) is 0 Å². The molecule has 0 aliphatic carbocycles. The Morgan fingerprint density at radius 3 is 2.31 bits per heavy atom. The number of urea groups is 1. The van der Waals surface area contributed by atoms with E-state index in [1.165, 1.54) is 0 Å². The SMILES string of the molecule is C=C(CCC(F)(F)F)NC(=O)NC(O)(O)c1cccc(OC(F)(F)F)c1. The first-order valence-corrected chi connectivity index (χ1v) is 6.83. The van der Waals surface area contributed by atoms with Gasteiger partial charge in [-0.3, -0.25) is 5.32 Å². The van der Waals surface area contributed by atoms with Gasteiger partial charge in [-0.2, -0.15) is 13.2 Å². The van der Waals surface area contributed by atoms with Crippen LogP contribution in [0.4, 0.5) is 31.1 Å². The largest absolute Gasteiger partial charge is 0.573 e. The molecule has 1 rings (SSSR count). The molecule has 0 fully saturated rings. The molecule has 146 valence electrons. The Bertz CT molecular complexity index is 658. The van der Waals surface area contributed by atoms with Crippen LogP contribution in [0.3, 0.4) is 0 Å². The maximum Gasteiger partial charge on any atom is 0.573 e. The van der Waals surface area contributed by atoms with Gasteiger partial charge >= 0.3 is 18.6 Å². The monoisotopic (exact) mass is 388 g/mol. The molecule has 0 unspecified atom stereocenters. The Morgan fingerprint density at radius 2 is 1.77 bits per heavy atom. The van der Waals surface area contributed by atoms with Crippen LogP contribution < -0.4 is 15.4 Å². The zero-order chi connectivity index (χ0) is 20.2. The van der Waals surface area contributed by atoms with Crippen molar-refractivity contribution in [1.82, 2.24) is 10.6 Å². The van der Waals surface area contributed by atoms with Crippen LogP contribution in [0.5, 0.6) is 5.75 Å². The number of hydrogen-bond acceptors (Lipinski definition) is 4. The van der Waals surface area contributed by atoms with Gasteiger partial charge in [0.2, 0.25) is 0 Å². The minimum absolute atomic E-state index is 0.357. The highest BCUT2D eigenvalue weighted by molar-refractivity contribution is 5.76. The van der Waals surface area contributed by atoms with Gasteiger partial charge in [0.25, 0.3) is 5.91 Å². The average molecular weight is 388 g/mol. The number of nitrogens with one attached hydrogen (secondary N) is 2. The van der Waals surface area contributed by atoms with Gasteiger partial charge in [0.1, 0.15) is 5.75 Å². The summed E-state index contributed by atoms with van der Waals surface area (Å²) in [5, 5.41) is 23.0. The fourth-order valence-electron chi connectivity index (χ4n) is 1.69. The Labute approximate surface area is 143 Å². The topological polar surface area (TPSA) is 90.8 Å². The number of halogens is 6. The molecule has 0 bridgehead atoms. The lowest BCUT2D eigenvalue weighted by atomic mass is 10.1. The maximum absolute atomic E-state index is 12.2. The summed E-state index contributed by atoms with van der Waals surface area (Å²) in [4.78, 5) is 11.6. The molecule has 26 heavy (non-hydrogen) atoms. The minimum atomic E-state index is -5.02. The minimum Gasteiger partial charge on any atom is -0.406 e. The van der Waals surface area contributed by atoms with Crippen molar-refractivity contribution in [1.29, 1.82) is 0 Å². The molecule has 6 nitrogen and oxygen atoms in total. The van der Waals surface area contributed by atoms with Crippen molar-refractivity contribution in [3.8, 4) is 5.75 Å². The van der Waals surface area contributed by atoms with E-state index in [0.29, 0.717) is 6.07 Å². The van der Waals surface area contributed by atoms with E-state index in [-0.39, 0.29) is 5.70 Å². The smallest absolute Gasteiger partial charge is 0.406 e. The summed E-state index contributed by atoms with van der Waals surface area (Å²) < 4.78 is 76.3. The number of carbonyl (C=O) groups excluding carboxylic acids is 1. The van der Waals surface area contributed by atoms with Crippen molar-refractivity contribution in [3.05, 3.63) is 42.1 Å². The highest BCUT2D eigenvalue weighted by Gasteiger charge is 2.33. The van der Waals surface area contributed by atoms with Gasteiger partial charge in [-0.1, -0.05) is 18.7 Å². The quantitative estimate of drug-likeness (QED) is 0.446. The molecule has 0 spiro atoms. The second-order valence-electron chi connectivity index (χ2n) is 5.05. The Balaban J connectivity index is 2.72. The van der Waals surface area contributed by atoms with Crippen LogP contribution in [0.15, 0.2) is 36.5 Å². The summed E-state index contributed by atoms with van der Waals surface area (Å²) in [6.45, 7) is 3.17. The first-order valence-electron chi connectivity index (χ1n) is 6.83. The maximum atomic E-state index is 12.2. The van der Waals surface area contributed by atoms with Gasteiger partial charge in [0, 0.05) is 17.7 Å². The summed E-state index contributed by atoms with van der Waals surface area (Å²) in [6, 6.07) is 2.13. The van der Waals surface area contributed by atoms with Crippen molar-refractivity contribution >= 4 is 6.03 Å². The zero-order valence-electron chi connectivity index (χ0n) is 12.9. The van der Waals surface area contributed by atoms with E-state index in [9.17, 15) is 41.4 Å². The fraction of sp³-hybridized carbons (Fsp3) is 0.357. The average Bonchev–Trinajstić information content (AvgIpc) is 2.42. The molecule has 2 amide bonds. The van der Waals surface area contributed by atoms with E-state index in [1.54, 1.807) is 5.32 Å². The lowest BCUT2D eigenvalue weighted by molar-refractivity contribution is -0.274. The fourth-order valence-corrected chi connectivity index (χ4v) is 1.69. The molecule has 0 heterocycles. The van der Waals surface area contributed by atoms with Crippen molar-refractivity contribution in [3.63, 3.8) is 0 Å². The second kappa shape index (κ2) is 7.83. The molecule has 0 saturated heterocycles. The first kappa shape index (κ1) is 21.6. The summed E-state index contributed by atoms with van der Waals surface area (Å²) in [7, 11) is 0. The van der Waals surface area contributed by atoms with E-state index >= 15 is 0 Å². The summed E-state index contributed by atoms with van der Waals surface area (Å²) in [6.07, 6.45) is -11.4. The van der Waals surface area contributed by atoms with Crippen LogP contribution in [0.2, 0.25) is 0 Å². The normalized spacial score (nSPS) is 12.5. The van der Waals surface area contributed by atoms with Crippen LogP contribution >= 0.6 is 0 Å². The van der Waals surface area contributed by atoms with Crippen molar-refractivity contribution in [2.75, 3.05) is 0 Å². The Kier molecular flexibility index (Phi) is 6.49. The third-order valence-corrected chi connectivity index (χ3v) is 2.76. The molecule has 0 saturated carbocycles. The lowest BCUT2D eigenvalue weighted by Gasteiger charge is -2.24. The molecule has 1 aromatic carbocycles. The standard InChI is InChI=1S/C14H14F6N2O4/c1-8(5-6-12(15,16)17)21-11(23)22-13(24,25)9-3-2-4-10(7-9)26-14(18,19)20/h2-4,7,24-25H,1,5-6H2,(H2,21,22,23). The third-order valence-electron chi connectivity index (χ3n) is 2.76. The van der Waals surface area contributed by atoms with Gasteiger partial charge in [0.05, 0.1) is 0 Å². The molecule has 4 N–H and O–H groups in total. The van der Waals surface area contributed by atoms with Crippen LogP contribution in [0, 0.1) is 0 Å². The number of ether oxygens (including phenoxy) is 1. The number of aliphatic hydroxyl groups is 2. The van der Waals surface area contributed by atoms with E-state index < -0.39 is 48.6 Å². The summed E-state index contributed by atoms with van der Waals surface area (Å²) in [5.74, 6) is -3.90. The van der Waals surface area contributed by atoms with E-state index in [1.807, 2.05) is 5.32 Å². The highest BCUT2D eigenvalue weighted by atomic mass is 19.4. The predicted octanol–water partition coefficient (Wildman–Crippen LogP) is 2.84. The van der Waals surface area contributed by atoms with Gasteiger partial charge in [0.15, 0.2) is 0 Å². The van der Waals surface area contributed by atoms with E-state index in [0.717, 1.165) is 18.2 Å². The molecule has 0 aromatic heterocycles. The lowest BCUT2D eigenvalue weighted by Crippen LogP contribution is -2.49. The number of hydrogen-bond donors (Lipinski definition) is 4. The van der Waals surface area contributed by atoms with Crippen LogP contribution in [-0.2, 0) is 5.91 Å². The first-order chi connectivity index (χ1) is 11.7. The summed E-state index contributed by atoms with van der Waals surface area (Å²) in [5.41, 5.74) is -0.944. The van der Waals surface area contributed by atoms with Crippen LogP contribution in [0.1, 0.15) is 18.4 Å². The Hall–Kier alpha value is -2.47. The van der Waals surface area contributed by atoms with Crippen molar-refractivity contribution in [2.24, 2.45) is 0 Å². The number of carbonyl (C=O) groups is 1. The van der Waals surface area contributed by atoms with Gasteiger partial charge in [-0.05, 0) is 18.6 Å². The number of amides is 2. The highest BCUT2D eigenvalue weighted by Crippen LogP contribution is 2.26. The van der Waals surface area contributed by atoms with E-state index in [2.05, 4.69) is 11.3 Å². The molecular formula is C14H14F6N2O4. The van der Waals surface area contributed by atoms with Gasteiger partial charge in [-0.25, -0.2) is 4.79 Å². The van der Waals surface area contributed by atoms with Gasteiger partial charge < -0.3 is 20.3 Å². The van der Waals surface area contributed by atoms with Crippen molar-refractivity contribution in [2.45, 2.75) is 31.3 Å². The molecule has 1 aromatic rings. The van der Waals surface area contributed by atoms with Gasteiger partial charge in [-0.15, -0.1) is 13.2 Å². The van der Waals surface area contributed by atoms with Crippen LogP contribution in [0.25, 0.3) is 0 Å². The predicted molar refractivity (Wildman–Crippen MR) is 75.3 cm³/mol. The number of allylic oxidation sites excluding steroid dienone is 1. The molecule has 0 atom stereocenters. The third kappa shape index (κ3) is 8.07. The second-order valence-corrected chi connectivity index (χ2v) is 5.05.